The number of likely N-dealkylation sites (tertiary alicyclic amines) is 1. The van der Waals surface area contributed by atoms with Crippen LogP contribution in [-0.4, -0.2) is 58.1 Å². The molecule has 2 atom stereocenters. The van der Waals surface area contributed by atoms with E-state index in [-0.39, 0.29) is 5.75 Å². The maximum absolute atomic E-state index is 11.1. The van der Waals surface area contributed by atoms with Crippen molar-refractivity contribution in [3.05, 3.63) is 0 Å². The molecule has 96 valence electrons. The molecule has 1 aliphatic rings. The fourth-order valence-electron chi connectivity index (χ4n) is 2.40. The van der Waals surface area contributed by atoms with Crippen molar-refractivity contribution in [1.29, 1.82) is 0 Å². The lowest BCUT2D eigenvalue weighted by Crippen LogP contribution is -2.49. The molecule has 1 aliphatic heterocycles. The van der Waals surface area contributed by atoms with Gasteiger partial charge < -0.3 is 10.2 Å². The molecule has 0 radical (unpaired) electrons. The minimum Gasteiger partial charge on any atom is -0.317 e. The number of nitrogens with zero attached hydrogens (tertiary/aromatic N) is 1. The average molecular weight is 248 g/mol. The molecule has 1 rings (SSSR count). The van der Waals surface area contributed by atoms with Gasteiger partial charge in [0, 0.05) is 25.4 Å². The lowest BCUT2D eigenvalue weighted by molar-refractivity contribution is 0.145. The molecule has 0 aromatic rings. The number of rotatable bonds is 5. The van der Waals surface area contributed by atoms with Gasteiger partial charge in [0.05, 0.1) is 5.75 Å². The first-order valence-electron chi connectivity index (χ1n) is 6.03. The van der Waals surface area contributed by atoms with Crippen molar-refractivity contribution in [2.45, 2.75) is 25.8 Å². The first-order chi connectivity index (χ1) is 7.46. The topological polar surface area (TPSA) is 49.4 Å². The Hall–Kier alpha value is -0.130. The second-order valence-corrected chi connectivity index (χ2v) is 7.04. The van der Waals surface area contributed by atoms with Gasteiger partial charge in [-0.05, 0) is 25.9 Å². The van der Waals surface area contributed by atoms with Gasteiger partial charge in [-0.15, -0.1) is 0 Å². The van der Waals surface area contributed by atoms with Crippen LogP contribution in [0.25, 0.3) is 0 Å². The van der Waals surface area contributed by atoms with Gasteiger partial charge in [0.2, 0.25) is 0 Å². The predicted molar refractivity (Wildman–Crippen MR) is 67.4 cm³/mol. The number of hydrogen-bond donors (Lipinski definition) is 1. The average Bonchev–Trinajstić information content (AvgIpc) is 2.25. The molecule has 0 aromatic carbocycles. The van der Waals surface area contributed by atoms with Gasteiger partial charge in [-0.1, -0.05) is 13.3 Å². The highest BCUT2D eigenvalue weighted by atomic mass is 32.2. The van der Waals surface area contributed by atoms with Crippen LogP contribution in [0.15, 0.2) is 0 Å². The molecule has 4 nitrogen and oxygen atoms in total. The lowest BCUT2D eigenvalue weighted by Gasteiger charge is -2.38. The summed E-state index contributed by atoms with van der Waals surface area (Å²) in [5, 5.41) is 3.35. The Balaban J connectivity index is 2.42. The molecule has 1 heterocycles. The Morgan fingerprint density at radius 1 is 1.44 bits per heavy atom. The molecular weight excluding hydrogens is 224 g/mol. The highest BCUT2D eigenvalue weighted by Crippen LogP contribution is 2.19. The number of sulfone groups is 1. The zero-order chi connectivity index (χ0) is 12.2. The summed E-state index contributed by atoms with van der Waals surface area (Å²) in [6.45, 7) is 4.93. The Morgan fingerprint density at radius 3 is 2.62 bits per heavy atom. The van der Waals surface area contributed by atoms with Gasteiger partial charge in [0.25, 0.3) is 0 Å². The molecule has 0 amide bonds. The van der Waals surface area contributed by atoms with Crippen molar-refractivity contribution in [2.24, 2.45) is 5.92 Å². The normalized spacial score (nSPS) is 28.2. The monoisotopic (exact) mass is 248 g/mol. The second-order valence-electron chi connectivity index (χ2n) is 4.78. The zero-order valence-electron chi connectivity index (χ0n) is 10.6. The van der Waals surface area contributed by atoms with Crippen LogP contribution in [0, 0.1) is 5.92 Å². The molecule has 5 heteroatoms. The van der Waals surface area contributed by atoms with Gasteiger partial charge in [-0.2, -0.15) is 0 Å². The third-order valence-electron chi connectivity index (χ3n) is 3.49. The predicted octanol–water partition coefficient (Wildman–Crippen LogP) is 0.351. The SMILES string of the molecule is CCC1CN(CCS(C)(=O)=O)CCC1NC. The first kappa shape index (κ1) is 13.9. The fraction of sp³-hybridized carbons (Fsp3) is 1.00. The van der Waals surface area contributed by atoms with Gasteiger partial charge in [0.15, 0.2) is 0 Å². The van der Waals surface area contributed by atoms with E-state index < -0.39 is 9.84 Å². The Morgan fingerprint density at radius 2 is 2.12 bits per heavy atom. The van der Waals surface area contributed by atoms with Crippen molar-refractivity contribution < 1.29 is 8.42 Å². The number of piperidine rings is 1. The molecule has 16 heavy (non-hydrogen) atoms. The quantitative estimate of drug-likeness (QED) is 0.763. The van der Waals surface area contributed by atoms with Crippen LogP contribution in [0.4, 0.5) is 0 Å². The molecule has 0 aromatic heterocycles. The van der Waals surface area contributed by atoms with Gasteiger partial charge in [-0.3, -0.25) is 0 Å². The van der Waals surface area contributed by atoms with E-state index in [0.717, 1.165) is 25.9 Å². The highest BCUT2D eigenvalue weighted by molar-refractivity contribution is 7.90. The van der Waals surface area contributed by atoms with E-state index in [0.29, 0.717) is 18.5 Å². The highest BCUT2D eigenvalue weighted by Gasteiger charge is 2.26. The van der Waals surface area contributed by atoms with Crippen molar-refractivity contribution in [3.63, 3.8) is 0 Å². The van der Waals surface area contributed by atoms with Gasteiger partial charge in [0.1, 0.15) is 9.84 Å². The van der Waals surface area contributed by atoms with E-state index in [1.807, 2.05) is 7.05 Å². The van der Waals surface area contributed by atoms with E-state index in [4.69, 9.17) is 0 Å². The molecule has 2 unspecified atom stereocenters. The summed E-state index contributed by atoms with van der Waals surface area (Å²) >= 11 is 0. The molecular formula is C11H24N2O2S. The van der Waals surface area contributed by atoms with Crippen LogP contribution in [0.5, 0.6) is 0 Å². The summed E-state index contributed by atoms with van der Waals surface area (Å²) in [7, 11) is -0.811. The van der Waals surface area contributed by atoms with Crippen molar-refractivity contribution in [1.82, 2.24) is 10.2 Å². The van der Waals surface area contributed by atoms with E-state index in [1.165, 1.54) is 6.26 Å². The summed E-state index contributed by atoms with van der Waals surface area (Å²) in [5.74, 6) is 0.937. The lowest BCUT2D eigenvalue weighted by atomic mass is 9.90. The largest absolute Gasteiger partial charge is 0.317 e. The van der Waals surface area contributed by atoms with Crippen molar-refractivity contribution in [2.75, 3.05) is 38.7 Å². The standard InChI is InChI=1S/C11H24N2O2S/c1-4-10-9-13(6-5-11(10)12-2)7-8-16(3,14)15/h10-12H,4-9H2,1-3H3. The molecule has 0 aliphatic carbocycles. The maximum atomic E-state index is 11.1. The summed E-state index contributed by atoms with van der Waals surface area (Å²) < 4.78 is 22.2. The van der Waals surface area contributed by atoms with E-state index >= 15 is 0 Å². The van der Waals surface area contributed by atoms with Gasteiger partial charge in [-0.25, -0.2) is 8.42 Å². The molecule has 1 N–H and O–H groups in total. The summed E-state index contributed by atoms with van der Waals surface area (Å²) in [6, 6.07) is 0.597. The third-order valence-corrected chi connectivity index (χ3v) is 4.42. The van der Waals surface area contributed by atoms with E-state index in [9.17, 15) is 8.42 Å². The fourth-order valence-corrected chi connectivity index (χ4v) is 2.99. The molecule has 0 bridgehead atoms. The van der Waals surface area contributed by atoms with Crippen LogP contribution in [0.2, 0.25) is 0 Å². The Kier molecular flexibility index (Phi) is 5.21. The minimum atomic E-state index is -2.82. The second kappa shape index (κ2) is 5.98. The first-order valence-corrected chi connectivity index (χ1v) is 8.09. The number of nitrogens with one attached hydrogen (secondary N) is 1. The van der Waals surface area contributed by atoms with Crippen LogP contribution in [-0.2, 0) is 9.84 Å². The van der Waals surface area contributed by atoms with E-state index in [2.05, 4.69) is 17.1 Å². The Bertz CT molecular complexity index is 303. The van der Waals surface area contributed by atoms with Crippen molar-refractivity contribution in [3.8, 4) is 0 Å². The summed E-state index contributed by atoms with van der Waals surface area (Å²) in [5.41, 5.74) is 0. The zero-order valence-corrected chi connectivity index (χ0v) is 11.4. The maximum Gasteiger partial charge on any atom is 0.148 e. The van der Waals surface area contributed by atoms with Crippen LogP contribution >= 0.6 is 0 Å². The third kappa shape index (κ3) is 4.39. The summed E-state index contributed by atoms with van der Waals surface area (Å²) in [6.07, 6.45) is 3.59. The number of hydrogen-bond acceptors (Lipinski definition) is 4. The van der Waals surface area contributed by atoms with Gasteiger partial charge >= 0.3 is 0 Å². The van der Waals surface area contributed by atoms with Crippen LogP contribution in [0.3, 0.4) is 0 Å². The van der Waals surface area contributed by atoms with Crippen LogP contribution < -0.4 is 5.32 Å². The summed E-state index contributed by atoms with van der Waals surface area (Å²) in [4.78, 5) is 2.28. The Labute approximate surface area is 99.3 Å². The van der Waals surface area contributed by atoms with Crippen molar-refractivity contribution >= 4 is 9.84 Å². The molecule has 0 spiro atoms. The molecule has 1 fully saturated rings. The minimum absolute atomic E-state index is 0.285. The molecule has 0 saturated carbocycles. The van der Waals surface area contributed by atoms with Crippen LogP contribution in [0.1, 0.15) is 19.8 Å². The smallest absolute Gasteiger partial charge is 0.148 e. The molecule has 1 saturated heterocycles. The van der Waals surface area contributed by atoms with E-state index in [1.54, 1.807) is 0 Å².